The number of aromatic hydroxyl groups is 1. The van der Waals surface area contributed by atoms with Crippen molar-refractivity contribution < 1.29 is 14.6 Å². The Kier molecular flexibility index (Phi) is 6.69. The van der Waals surface area contributed by atoms with Crippen LogP contribution in [-0.4, -0.2) is 42.2 Å². The molecule has 0 atom stereocenters. The Morgan fingerprint density at radius 2 is 1.77 bits per heavy atom. The second kappa shape index (κ2) is 8.99. The van der Waals surface area contributed by atoms with E-state index in [0.29, 0.717) is 11.0 Å². The molecule has 1 aliphatic rings. The highest BCUT2D eigenvalue weighted by atomic mass is 79.9. The van der Waals surface area contributed by atoms with Gasteiger partial charge < -0.3 is 15.2 Å². The average molecular weight is 484 g/mol. The maximum Gasteiger partial charge on any atom is 0.255 e. The van der Waals surface area contributed by atoms with E-state index in [2.05, 4.69) is 54.2 Å². The summed E-state index contributed by atoms with van der Waals surface area (Å²) >= 11 is 6.57. The lowest BCUT2D eigenvalue weighted by Gasteiger charge is -2.26. The van der Waals surface area contributed by atoms with E-state index in [9.17, 15) is 9.90 Å². The minimum Gasteiger partial charge on any atom is -0.506 e. The molecule has 1 saturated heterocycles. The highest BCUT2D eigenvalue weighted by Gasteiger charge is 2.15. The normalized spacial score (nSPS) is 15.0. The van der Waals surface area contributed by atoms with Crippen LogP contribution in [0.3, 0.4) is 0 Å². The van der Waals surface area contributed by atoms with Gasteiger partial charge >= 0.3 is 0 Å². The van der Waals surface area contributed by atoms with E-state index in [4.69, 9.17) is 4.74 Å². The van der Waals surface area contributed by atoms with Gasteiger partial charge in [0.15, 0.2) is 0 Å². The second-order valence-corrected chi connectivity index (χ2v) is 7.94. The lowest BCUT2D eigenvalue weighted by atomic mass is 10.1. The third-order valence-electron chi connectivity index (χ3n) is 4.26. The van der Waals surface area contributed by atoms with Gasteiger partial charge in [0.1, 0.15) is 5.75 Å². The SMILES string of the molecule is O=C(NCc1ccc(CN2CCOCC2)cc1)c1cc(Br)cc(Br)c1O. The number of nitrogens with one attached hydrogen (secondary N) is 1. The molecule has 1 fully saturated rings. The summed E-state index contributed by atoms with van der Waals surface area (Å²) in [5.41, 5.74) is 2.49. The zero-order chi connectivity index (χ0) is 18.5. The number of phenolic OH excluding ortho intramolecular Hbond substituents is 1. The molecule has 2 aromatic carbocycles. The van der Waals surface area contributed by atoms with Gasteiger partial charge in [0, 0.05) is 30.7 Å². The summed E-state index contributed by atoms with van der Waals surface area (Å²) in [6.45, 7) is 4.83. The van der Waals surface area contributed by atoms with Crippen molar-refractivity contribution in [2.45, 2.75) is 13.1 Å². The molecular formula is C19H20Br2N2O3. The van der Waals surface area contributed by atoms with Crippen LogP contribution in [-0.2, 0) is 17.8 Å². The van der Waals surface area contributed by atoms with E-state index in [1.165, 1.54) is 5.56 Å². The Labute approximate surface area is 169 Å². The quantitative estimate of drug-likeness (QED) is 0.681. The van der Waals surface area contributed by atoms with Crippen LogP contribution in [0.2, 0.25) is 0 Å². The van der Waals surface area contributed by atoms with Crippen LogP contribution >= 0.6 is 31.9 Å². The number of carbonyl (C=O) groups excluding carboxylic acids is 1. The highest BCUT2D eigenvalue weighted by Crippen LogP contribution is 2.31. The third-order valence-corrected chi connectivity index (χ3v) is 5.32. The van der Waals surface area contributed by atoms with Crippen molar-refractivity contribution in [1.29, 1.82) is 0 Å². The van der Waals surface area contributed by atoms with Crippen molar-refractivity contribution in [3.63, 3.8) is 0 Å². The molecule has 3 rings (SSSR count). The lowest BCUT2D eigenvalue weighted by Crippen LogP contribution is -2.35. The number of benzene rings is 2. The smallest absolute Gasteiger partial charge is 0.255 e. The molecular weight excluding hydrogens is 464 g/mol. The molecule has 0 bridgehead atoms. The summed E-state index contributed by atoms with van der Waals surface area (Å²) in [5.74, 6) is -0.381. The number of hydrogen-bond donors (Lipinski definition) is 2. The Bertz CT molecular complexity index is 775. The number of carbonyl (C=O) groups is 1. The van der Waals surface area contributed by atoms with Crippen molar-refractivity contribution >= 4 is 37.8 Å². The van der Waals surface area contributed by atoms with Gasteiger partial charge in [-0.2, -0.15) is 0 Å². The van der Waals surface area contributed by atoms with E-state index in [1.807, 2.05) is 12.1 Å². The molecule has 2 N–H and O–H groups in total. The summed E-state index contributed by atoms with van der Waals surface area (Å²) in [6.07, 6.45) is 0. The predicted molar refractivity (Wildman–Crippen MR) is 107 cm³/mol. The molecule has 0 unspecified atom stereocenters. The van der Waals surface area contributed by atoms with Crippen LogP contribution in [0.5, 0.6) is 5.75 Å². The molecule has 0 radical (unpaired) electrons. The summed E-state index contributed by atoms with van der Waals surface area (Å²) in [4.78, 5) is 14.7. The fraction of sp³-hybridized carbons (Fsp3) is 0.316. The molecule has 2 aromatic rings. The van der Waals surface area contributed by atoms with Gasteiger partial charge in [-0.3, -0.25) is 9.69 Å². The molecule has 0 aromatic heterocycles. The van der Waals surface area contributed by atoms with Gasteiger partial charge in [0.25, 0.3) is 5.91 Å². The van der Waals surface area contributed by atoms with Crippen LogP contribution < -0.4 is 5.32 Å². The molecule has 0 aliphatic carbocycles. The number of nitrogens with zero attached hydrogens (tertiary/aromatic N) is 1. The van der Waals surface area contributed by atoms with Crippen LogP contribution in [0.15, 0.2) is 45.3 Å². The fourth-order valence-corrected chi connectivity index (χ4v) is 4.02. The Balaban J connectivity index is 1.57. The monoisotopic (exact) mass is 482 g/mol. The highest BCUT2D eigenvalue weighted by molar-refractivity contribution is 9.11. The number of phenols is 1. The Morgan fingerprint density at radius 3 is 2.46 bits per heavy atom. The number of ether oxygens (including phenoxy) is 1. The van der Waals surface area contributed by atoms with Crippen molar-refractivity contribution in [3.05, 3.63) is 62.0 Å². The molecule has 0 saturated carbocycles. The first-order valence-electron chi connectivity index (χ1n) is 8.37. The van der Waals surface area contributed by atoms with E-state index >= 15 is 0 Å². The maximum absolute atomic E-state index is 12.3. The summed E-state index contributed by atoms with van der Waals surface area (Å²) in [7, 11) is 0. The van der Waals surface area contributed by atoms with Gasteiger partial charge in [-0.1, -0.05) is 40.2 Å². The van der Waals surface area contributed by atoms with Crippen molar-refractivity contribution in [1.82, 2.24) is 10.2 Å². The number of amides is 1. The molecule has 1 heterocycles. The first-order chi connectivity index (χ1) is 12.5. The topological polar surface area (TPSA) is 61.8 Å². The molecule has 26 heavy (non-hydrogen) atoms. The molecule has 7 heteroatoms. The standard InChI is InChI=1S/C19H20Br2N2O3/c20-15-9-16(18(24)17(21)10-15)19(25)22-11-13-1-3-14(4-2-13)12-23-5-7-26-8-6-23/h1-4,9-10,24H,5-8,11-12H2,(H,22,25). The third kappa shape index (κ3) is 5.07. The largest absolute Gasteiger partial charge is 0.506 e. The van der Waals surface area contributed by atoms with Crippen LogP contribution in [0.1, 0.15) is 21.5 Å². The maximum atomic E-state index is 12.3. The molecule has 138 valence electrons. The summed E-state index contributed by atoms with van der Waals surface area (Å²) < 4.78 is 6.56. The van der Waals surface area contributed by atoms with Crippen molar-refractivity contribution in [2.75, 3.05) is 26.3 Å². The van der Waals surface area contributed by atoms with E-state index < -0.39 is 0 Å². The van der Waals surface area contributed by atoms with E-state index in [0.717, 1.165) is 42.9 Å². The fourth-order valence-electron chi connectivity index (χ4n) is 2.80. The van der Waals surface area contributed by atoms with Crippen LogP contribution in [0.4, 0.5) is 0 Å². The zero-order valence-corrected chi connectivity index (χ0v) is 17.3. The second-order valence-electron chi connectivity index (χ2n) is 6.17. The number of morpholine rings is 1. The molecule has 1 aliphatic heterocycles. The van der Waals surface area contributed by atoms with Crippen molar-refractivity contribution in [2.24, 2.45) is 0 Å². The van der Waals surface area contributed by atoms with Crippen LogP contribution in [0.25, 0.3) is 0 Å². The molecule has 0 spiro atoms. The van der Waals surface area contributed by atoms with Gasteiger partial charge in [-0.15, -0.1) is 0 Å². The number of rotatable bonds is 5. The van der Waals surface area contributed by atoms with Gasteiger partial charge in [0.05, 0.1) is 23.2 Å². The Morgan fingerprint density at radius 1 is 1.12 bits per heavy atom. The minimum atomic E-state index is -0.318. The first kappa shape index (κ1) is 19.4. The zero-order valence-electron chi connectivity index (χ0n) is 14.2. The molecule has 5 nitrogen and oxygen atoms in total. The average Bonchev–Trinajstić information content (AvgIpc) is 2.64. The predicted octanol–water partition coefficient (Wildman–Crippen LogP) is 3.68. The van der Waals surface area contributed by atoms with Crippen molar-refractivity contribution in [3.8, 4) is 5.75 Å². The van der Waals surface area contributed by atoms with Crippen LogP contribution in [0, 0.1) is 0 Å². The van der Waals surface area contributed by atoms with Gasteiger partial charge in [-0.25, -0.2) is 0 Å². The van der Waals surface area contributed by atoms with E-state index in [1.54, 1.807) is 12.1 Å². The van der Waals surface area contributed by atoms with E-state index in [-0.39, 0.29) is 17.2 Å². The number of halogens is 2. The summed E-state index contributed by atoms with van der Waals surface area (Å²) in [6, 6.07) is 11.5. The first-order valence-corrected chi connectivity index (χ1v) is 9.95. The lowest BCUT2D eigenvalue weighted by molar-refractivity contribution is 0.0342. The summed E-state index contributed by atoms with van der Waals surface area (Å²) in [5, 5.41) is 12.9. The van der Waals surface area contributed by atoms with Gasteiger partial charge in [-0.05, 0) is 39.2 Å². The van der Waals surface area contributed by atoms with Gasteiger partial charge in [0.2, 0.25) is 0 Å². The minimum absolute atomic E-state index is 0.0634. The Hall–Kier alpha value is -1.41. The number of hydrogen-bond acceptors (Lipinski definition) is 4. The molecule has 1 amide bonds.